The average Bonchev–Trinajstić information content (AvgIpc) is 2.05. The largest absolute Gasteiger partial charge is 0.500 e. The first kappa shape index (κ1) is 5.71. The van der Waals surface area contributed by atoms with Gasteiger partial charge in [0.1, 0.15) is 0 Å². The molecule has 2 heteroatoms. The van der Waals surface area contributed by atoms with Gasteiger partial charge in [-0.05, 0) is 0 Å². The maximum absolute atomic E-state index is 5.14. The summed E-state index contributed by atoms with van der Waals surface area (Å²) in [6.07, 6.45) is 6.87. The minimum Gasteiger partial charge on any atom is -0.500 e. The highest BCUT2D eigenvalue weighted by Gasteiger charge is 2.11. The predicted molar refractivity (Wildman–Crippen MR) is 40.1 cm³/mol. The van der Waals surface area contributed by atoms with E-state index in [9.17, 15) is 0 Å². The van der Waals surface area contributed by atoms with Gasteiger partial charge in [-0.1, -0.05) is 12.2 Å². The molecule has 0 radical (unpaired) electrons. The second-order valence-corrected chi connectivity index (χ2v) is 2.38. The van der Waals surface area contributed by atoms with Gasteiger partial charge in [0.05, 0.1) is 19.4 Å². The number of ether oxygens (including phenoxy) is 1. The zero-order valence-electron chi connectivity index (χ0n) is 5.71. The molecule has 0 aromatic heterocycles. The Morgan fingerprint density at radius 2 is 2.50 bits per heavy atom. The van der Waals surface area contributed by atoms with Crippen molar-refractivity contribution >= 4 is 5.71 Å². The molecule has 10 heavy (non-hydrogen) atoms. The topological polar surface area (TPSA) is 21.6 Å². The molecule has 0 amide bonds. The quantitative estimate of drug-likeness (QED) is 0.490. The summed E-state index contributed by atoms with van der Waals surface area (Å²) in [5, 5.41) is 0. The highest BCUT2D eigenvalue weighted by Crippen LogP contribution is 2.13. The van der Waals surface area contributed by atoms with Crippen molar-refractivity contribution in [1.29, 1.82) is 0 Å². The summed E-state index contributed by atoms with van der Waals surface area (Å²) in [5.74, 6) is 0. The molecular formula is C8H9NO. The maximum Gasteiger partial charge on any atom is 0.0929 e. The van der Waals surface area contributed by atoms with Gasteiger partial charge in [-0.3, -0.25) is 4.99 Å². The van der Waals surface area contributed by atoms with E-state index < -0.39 is 0 Å². The maximum atomic E-state index is 5.14. The summed E-state index contributed by atoms with van der Waals surface area (Å²) in [6, 6.07) is 0. The van der Waals surface area contributed by atoms with E-state index in [1.165, 1.54) is 5.71 Å². The third-order valence-electron chi connectivity index (χ3n) is 1.69. The Balaban J connectivity index is 2.32. The van der Waals surface area contributed by atoms with Crippen molar-refractivity contribution < 1.29 is 4.74 Å². The summed E-state index contributed by atoms with van der Waals surface area (Å²) >= 11 is 0. The molecule has 0 N–H and O–H groups in total. The molecular weight excluding hydrogens is 126 g/mol. The van der Waals surface area contributed by atoms with Crippen LogP contribution in [0.4, 0.5) is 0 Å². The van der Waals surface area contributed by atoms with Crippen molar-refractivity contribution in [3.63, 3.8) is 0 Å². The number of nitrogens with zero attached hydrogens (tertiary/aromatic N) is 1. The predicted octanol–water partition coefficient (Wildman–Crippen LogP) is 1.30. The Morgan fingerprint density at radius 1 is 1.50 bits per heavy atom. The van der Waals surface area contributed by atoms with E-state index in [4.69, 9.17) is 4.74 Å². The number of dihydropyridines is 1. The fourth-order valence-electron chi connectivity index (χ4n) is 1.17. The highest BCUT2D eigenvalue weighted by atomic mass is 16.5. The van der Waals surface area contributed by atoms with Crippen LogP contribution in [0.1, 0.15) is 6.42 Å². The fraction of sp³-hybridized carbons (Fsp3) is 0.375. The summed E-state index contributed by atoms with van der Waals surface area (Å²) in [4.78, 5) is 4.33. The highest BCUT2D eigenvalue weighted by molar-refractivity contribution is 6.03. The number of hydrogen-bond acceptors (Lipinski definition) is 2. The smallest absolute Gasteiger partial charge is 0.0929 e. The van der Waals surface area contributed by atoms with Crippen LogP contribution in [-0.4, -0.2) is 18.9 Å². The molecule has 2 rings (SSSR count). The van der Waals surface area contributed by atoms with Gasteiger partial charge in [0.2, 0.25) is 0 Å². The fourth-order valence-corrected chi connectivity index (χ4v) is 1.17. The van der Waals surface area contributed by atoms with Crippen molar-refractivity contribution in [3.8, 4) is 0 Å². The Morgan fingerprint density at radius 3 is 3.40 bits per heavy atom. The zero-order valence-corrected chi connectivity index (χ0v) is 5.71. The second kappa shape index (κ2) is 2.29. The molecule has 0 saturated heterocycles. The number of allylic oxidation sites excluding steroid dienone is 2. The van der Waals surface area contributed by atoms with Crippen LogP contribution >= 0.6 is 0 Å². The van der Waals surface area contributed by atoms with E-state index in [0.29, 0.717) is 0 Å². The van der Waals surface area contributed by atoms with E-state index >= 15 is 0 Å². The first-order valence-electron chi connectivity index (χ1n) is 3.49. The molecule has 0 aromatic carbocycles. The van der Waals surface area contributed by atoms with Crippen LogP contribution < -0.4 is 0 Å². The van der Waals surface area contributed by atoms with Crippen LogP contribution in [0.25, 0.3) is 0 Å². The number of hydrogen-bond donors (Lipinski definition) is 0. The molecule has 0 spiro atoms. The van der Waals surface area contributed by atoms with E-state index in [1.54, 1.807) is 6.26 Å². The van der Waals surface area contributed by atoms with E-state index in [-0.39, 0.29) is 0 Å². The lowest BCUT2D eigenvalue weighted by molar-refractivity contribution is 0.252. The van der Waals surface area contributed by atoms with Crippen molar-refractivity contribution in [1.82, 2.24) is 0 Å². The molecule has 0 saturated carbocycles. The third kappa shape index (κ3) is 0.856. The molecule has 52 valence electrons. The standard InChI is InChI=1S/C8H9NO/c1-2-7-6-10-5-3-8(7)9-4-1/h1-2,6H,3-5H2. The summed E-state index contributed by atoms with van der Waals surface area (Å²) in [7, 11) is 0. The molecule has 2 aliphatic heterocycles. The molecule has 2 heterocycles. The van der Waals surface area contributed by atoms with Gasteiger partial charge in [0, 0.05) is 17.7 Å². The molecule has 0 atom stereocenters. The number of rotatable bonds is 0. The van der Waals surface area contributed by atoms with Crippen molar-refractivity contribution in [2.24, 2.45) is 4.99 Å². The third-order valence-corrected chi connectivity index (χ3v) is 1.69. The first-order chi connectivity index (χ1) is 4.97. The molecule has 0 aromatic rings. The lowest BCUT2D eigenvalue weighted by Gasteiger charge is -2.15. The van der Waals surface area contributed by atoms with E-state index in [1.807, 2.05) is 6.08 Å². The average molecular weight is 135 g/mol. The van der Waals surface area contributed by atoms with Crippen LogP contribution in [0.2, 0.25) is 0 Å². The molecule has 0 unspecified atom stereocenters. The normalized spacial score (nSPS) is 22.4. The van der Waals surface area contributed by atoms with Gasteiger partial charge in [-0.25, -0.2) is 0 Å². The van der Waals surface area contributed by atoms with E-state index in [2.05, 4.69) is 11.1 Å². The Hall–Kier alpha value is -1.05. The lowest BCUT2D eigenvalue weighted by Crippen LogP contribution is -2.13. The Labute approximate surface area is 59.9 Å². The van der Waals surface area contributed by atoms with Crippen LogP contribution in [-0.2, 0) is 4.74 Å². The van der Waals surface area contributed by atoms with Gasteiger partial charge in [-0.2, -0.15) is 0 Å². The second-order valence-electron chi connectivity index (χ2n) is 2.38. The van der Waals surface area contributed by atoms with Gasteiger partial charge < -0.3 is 4.74 Å². The monoisotopic (exact) mass is 135 g/mol. The van der Waals surface area contributed by atoms with Crippen LogP contribution in [0.3, 0.4) is 0 Å². The Bertz CT molecular complexity index is 225. The van der Waals surface area contributed by atoms with Gasteiger partial charge in [0.25, 0.3) is 0 Å². The molecule has 0 bridgehead atoms. The minimum absolute atomic E-state index is 0.788. The summed E-state index contributed by atoms with van der Waals surface area (Å²) < 4.78 is 5.14. The van der Waals surface area contributed by atoms with Crippen LogP contribution in [0.15, 0.2) is 29.0 Å². The van der Waals surface area contributed by atoms with Crippen molar-refractivity contribution in [2.75, 3.05) is 13.2 Å². The van der Waals surface area contributed by atoms with Gasteiger partial charge in [-0.15, -0.1) is 0 Å². The van der Waals surface area contributed by atoms with Gasteiger partial charge >= 0.3 is 0 Å². The zero-order chi connectivity index (χ0) is 6.81. The van der Waals surface area contributed by atoms with Crippen LogP contribution in [0, 0.1) is 0 Å². The van der Waals surface area contributed by atoms with Crippen molar-refractivity contribution in [2.45, 2.75) is 6.42 Å². The van der Waals surface area contributed by atoms with Gasteiger partial charge in [0.15, 0.2) is 0 Å². The number of aliphatic imine (C=N–C) groups is 1. The van der Waals surface area contributed by atoms with E-state index in [0.717, 1.165) is 25.1 Å². The van der Waals surface area contributed by atoms with Crippen molar-refractivity contribution in [3.05, 3.63) is 24.0 Å². The molecule has 0 aliphatic carbocycles. The summed E-state index contributed by atoms with van der Waals surface area (Å²) in [6.45, 7) is 1.63. The molecule has 2 nitrogen and oxygen atoms in total. The SMILES string of the molecule is C1=CC2=COCCC2=NC1. The summed E-state index contributed by atoms with van der Waals surface area (Å²) in [5.41, 5.74) is 2.35. The Kier molecular flexibility index (Phi) is 1.31. The number of fused-ring (bicyclic) bond motifs is 1. The lowest BCUT2D eigenvalue weighted by atomic mass is 10.1. The van der Waals surface area contributed by atoms with Crippen LogP contribution in [0.5, 0.6) is 0 Å². The molecule has 2 aliphatic rings. The first-order valence-corrected chi connectivity index (χ1v) is 3.49. The molecule has 0 fully saturated rings. The minimum atomic E-state index is 0.788.